The Morgan fingerprint density at radius 1 is 1.16 bits per heavy atom. The van der Waals surface area contributed by atoms with Gasteiger partial charge in [-0.1, -0.05) is 30.3 Å². The molecule has 0 atom stereocenters. The zero-order chi connectivity index (χ0) is 13.4. The first kappa shape index (κ1) is 11.7. The number of fused-ring (bicyclic) bond motifs is 1. The molecule has 0 spiro atoms. The Bertz CT molecular complexity index is 771. The van der Waals surface area contributed by atoms with Crippen molar-refractivity contribution in [3.05, 3.63) is 71.2 Å². The van der Waals surface area contributed by atoms with Crippen LogP contribution in [-0.2, 0) is 0 Å². The van der Waals surface area contributed by atoms with Crippen LogP contribution in [0.2, 0.25) is 0 Å². The van der Waals surface area contributed by atoms with Crippen LogP contribution in [0.3, 0.4) is 0 Å². The number of furan rings is 1. The van der Waals surface area contributed by atoms with Crippen LogP contribution in [0.1, 0.15) is 21.5 Å². The van der Waals surface area contributed by atoms with Crippen LogP contribution in [0.4, 0.5) is 4.39 Å². The summed E-state index contributed by atoms with van der Waals surface area (Å²) in [4.78, 5) is 12.4. The molecule has 0 N–H and O–H groups in total. The largest absolute Gasteiger partial charge is 0.464 e. The molecule has 3 heteroatoms. The fourth-order valence-electron chi connectivity index (χ4n) is 2.04. The quantitative estimate of drug-likeness (QED) is 0.644. The van der Waals surface area contributed by atoms with Gasteiger partial charge in [-0.05, 0) is 24.6 Å². The molecule has 0 aliphatic heterocycles. The molecule has 1 aromatic heterocycles. The molecule has 94 valence electrons. The zero-order valence-electron chi connectivity index (χ0n) is 10.3. The molecule has 3 rings (SSSR count). The minimum Gasteiger partial charge on any atom is -0.464 e. The lowest BCUT2D eigenvalue weighted by Gasteiger charge is -2.01. The molecule has 3 aromatic rings. The van der Waals surface area contributed by atoms with Crippen molar-refractivity contribution < 1.29 is 13.6 Å². The first-order valence-electron chi connectivity index (χ1n) is 5.94. The van der Waals surface area contributed by atoms with Gasteiger partial charge in [0.15, 0.2) is 5.78 Å². The molecule has 2 nitrogen and oxygen atoms in total. The van der Waals surface area contributed by atoms with Gasteiger partial charge in [0.05, 0.1) is 5.56 Å². The molecular weight excluding hydrogens is 243 g/mol. The number of rotatable bonds is 2. The maximum atomic E-state index is 13.5. The summed E-state index contributed by atoms with van der Waals surface area (Å²) >= 11 is 0. The molecule has 0 fully saturated rings. The van der Waals surface area contributed by atoms with E-state index in [1.54, 1.807) is 25.1 Å². The van der Waals surface area contributed by atoms with Gasteiger partial charge in [-0.3, -0.25) is 4.79 Å². The van der Waals surface area contributed by atoms with E-state index in [-0.39, 0.29) is 11.6 Å². The van der Waals surface area contributed by atoms with Crippen molar-refractivity contribution in [2.45, 2.75) is 6.92 Å². The Balaban J connectivity index is 2.11. The third-order valence-electron chi connectivity index (χ3n) is 3.16. The molecule has 0 unspecified atom stereocenters. The summed E-state index contributed by atoms with van der Waals surface area (Å²) in [6.07, 6.45) is 1.42. The normalized spacial score (nSPS) is 10.8. The van der Waals surface area contributed by atoms with Crippen LogP contribution < -0.4 is 0 Å². The van der Waals surface area contributed by atoms with E-state index in [4.69, 9.17) is 4.42 Å². The summed E-state index contributed by atoms with van der Waals surface area (Å²) < 4.78 is 18.9. The molecule has 0 saturated heterocycles. The lowest BCUT2D eigenvalue weighted by atomic mass is 10.0. The summed E-state index contributed by atoms with van der Waals surface area (Å²) in [5.41, 5.74) is 1.96. The van der Waals surface area contributed by atoms with Gasteiger partial charge in [-0.25, -0.2) is 4.39 Å². The lowest BCUT2D eigenvalue weighted by molar-refractivity contribution is 0.103. The second-order valence-corrected chi connectivity index (χ2v) is 4.44. The second kappa shape index (κ2) is 4.35. The number of benzene rings is 2. The minimum absolute atomic E-state index is 0.233. The van der Waals surface area contributed by atoms with Crippen molar-refractivity contribution in [3.63, 3.8) is 0 Å². The molecule has 2 aromatic carbocycles. The van der Waals surface area contributed by atoms with E-state index in [1.807, 2.05) is 18.2 Å². The third kappa shape index (κ3) is 1.93. The SMILES string of the molecule is Cc1ccc(C(=O)c2coc3ccccc23)cc1F. The Labute approximate surface area is 109 Å². The second-order valence-electron chi connectivity index (χ2n) is 4.44. The first-order valence-corrected chi connectivity index (χ1v) is 5.94. The number of aryl methyl sites for hydroxylation is 1. The van der Waals surface area contributed by atoms with Gasteiger partial charge in [0.25, 0.3) is 0 Å². The number of halogens is 1. The lowest BCUT2D eigenvalue weighted by Crippen LogP contribution is -2.01. The average Bonchev–Trinajstić information content (AvgIpc) is 2.85. The van der Waals surface area contributed by atoms with Gasteiger partial charge < -0.3 is 4.42 Å². The Morgan fingerprint density at radius 3 is 2.74 bits per heavy atom. The van der Waals surface area contributed by atoms with E-state index in [0.717, 1.165) is 5.39 Å². The van der Waals surface area contributed by atoms with Gasteiger partial charge in [0.2, 0.25) is 0 Å². The fraction of sp³-hybridized carbons (Fsp3) is 0.0625. The number of carbonyl (C=O) groups is 1. The van der Waals surface area contributed by atoms with Gasteiger partial charge in [-0.2, -0.15) is 0 Å². The number of hydrogen-bond donors (Lipinski definition) is 0. The highest BCUT2D eigenvalue weighted by atomic mass is 19.1. The molecular formula is C16H11FO2. The predicted octanol–water partition coefficient (Wildman–Crippen LogP) is 4.11. The molecule has 0 aliphatic carbocycles. The summed E-state index contributed by atoms with van der Waals surface area (Å²) in [7, 11) is 0. The van der Waals surface area contributed by atoms with E-state index in [0.29, 0.717) is 22.3 Å². The Kier molecular flexibility index (Phi) is 2.67. The van der Waals surface area contributed by atoms with E-state index in [1.165, 1.54) is 12.3 Å². The van der Waals surface area contributed by atoms with Crippen LogP contribution in [0.5, 0.6) is 0 Å². The van der Waals surface area contributed by atoms with Gasteiger partial charge >= 0.3 is 0 Å². The monoisotopic (exact) mass is 254 g/mol. The Morgan fingerprint density at radius 2 is 1.95 bits per heavy atom. The van der Waals surface area contributed by atoms with Crippen LogP contribution in [0.25, 0.3) is 11.0 Å². The van der Waals surface area contributed by atoms with Crippen LogP contribution in [-0.4, -0.2) is 5.78 Å². The average molecular weight is 254 g/mol. The predicted molar refractivity (Wildman–Crippen MR) is 70.8 cm³/mol. The van der Waals surface area contributed by atoms with Gasteiger partial charge in [0.1, 0.15) is 17.7 Å². The van der Waals surface area contributed by atoms with E-state index in [9.17, 15) is 9.18 Å². The standard InChI is InChI=1S/C16H11FO2/c1-10-6-7-11(8-14(10)17)16(18)13-9-19-15-5-3-2-4-12(13)15/h2-9H,1H3. The highest BCUT2D eigenvalue weighted by Gasteiger charge is 2.16. The van der Waals surface area contributed by atoms with Crippen molar-refractivity contribution in [2.75, 3.05) is 0 Å². The fourth-order valence-corrected chi connectivity index (χ4v) is 2.04. The third-order valence-corrected chi connectivity index (χ3v) is 3.16. The first-order chi connectivity index (χ1) is 9.16. The summed E-state index contributed by atoms with van der Waals surface area (Å²) in [5.74, 6) is -0.609. The van der Waals surface area contributed by atoms with Crippen molar-refractivity contribution in [2.24, 2.45) is 0 Å². The van der Waals surface area contributed by atoms with Crippen LogP contribution in [0, 0.1) is 12.7 Å². The minimum atomic E-state index is -0.376. The Hall–Kier alpha value is -2.42. The van der Waals surface area contributed by atoms with Crippen LogP contribution in [0.15, 0.2) is 53.1 Å². The van der Waals surface area contributed by atoms with Crippen LogP contribution >= 0.6 is 0 Å². The highest BCUT2D eigenvalue weighted by Crippen LogP contribution is 2.23. The topological polar surface area (TPSA) is 30.2 Å². The van der Waals surface area contributed by atoms with E-state index >= 15 is 0 Å². The van der Waals surface area contributed by atoms with Gasteiger partial charge in [-0.15, -0.1) is 0 Å². The maximum absolute atomic E-state index is 13.5. The number of para-hydroxylation sites is 1. The highest BCUT2D eigenvalue weighted by molar-refractivity contribution is 6.15. The number of carbonyl (C=O) groups excluding carboxylic acids is 1. The molecule has 19 heavy (non-hydrogen) atoms. The maximum Gasteiger partial charge on any atom is 0.196 e. The van der Waals surface area contributed by atoms with Crippen molar-refractivity contribution in [1.82, 2.24) is 0 Å². The van der Waals surface area contributed by atoms with E-state index in [2.05, 4.69) is 0 Å². The number of ketones is 1. The van der Waals surface area contributed by atoms with E-state index < -0.39 is 0 Å². The zero-order valence-corrected chi connectivity index (χ0v) is 10.3. The summed E-state index contributed by atoms with van der Waals surface area (Å²) in [6.45, 7) is 1.66. The number of hydrogen-bond acceptors (Lipinski definition) is 2. The molecule has 1 heterocycles. The van der Waals surface area contributed by atoms with Crippen molar-refractivity contribution in [3.8, 4) is 0 Å². The molecule has 0 aliphatic rings. The van der Waals surface area contributed by atoms with Gasteiger partial charge in [0, 0.05) is 10.9 Å². The van der Waals surface area contributed by atoms with Crippen molar-refractivity contribution >= 4 is 16.8 Å². The summed E-state index contributed by atoms with van der Waals surface area (Å²) in [5, 5.41) is 0.744. The molecule has 0 bridgehead atoms. The molecule has 0 radical (unpaired) electrons. The summed E-state index contributed by atoms with van der Waals surface area (Å²) in [6, 6.07) is 11.8. The smallest absolute Gasteiger partial charge is 0.196 e. The molecule has 0 saturated carbocycles. The molecule has 0 amide bonds. The van der Waals surface area contributed by atoms with Crippen molar-refractivity contribution in [1.29, 1.82) is 0 Å².